The highest BCUT2D eigenvalue weighted by Gasteiger charge is 2.04. The molecular formula is C12H7ClN2. The standard InChI is InChI=1S/C12H7ClN2/c13-10-5-7-15-12-9(10)4-3-8-2-1-6-14-11(8)12/h1-7H. The van der Waals surface area contributed by atoms with Gasteiger partial charge in [0.1, 0.15) is 0 Å². The van der Waals surface area contributed by atoms with Gasteiger partial charge in [-0.3, -0.25) is 9.97 Å². The summed E-state index contributed by atoms with van der Waals surface area (Å²) in [5.74, 6) is 0. The second-order valence-electron chi connectivity index (χ2n) is 3.33. The zero-order chi connectivity index (χ0) is 10.3. The summed E-state index contributed by atoms with van der Waals surface area (Å²) >= 11 is 6.09. The van der Waals surface area contributed by atoms with Crippen molar-refractivity contribution in [3.63, 3.8) is 0 Å². The summed E-state index contributed by atoms with van der Waals surface area (Å²) in [5, 5.41) is 2.75. The molecule has 0 spiro atoms. The molecule has 0 amide bonds. The molecule has 2 nitrogen and oxygen atoms in total. The smallest absolute Gasteiger partial charge is 0.0979 e. The average molecular weight is 215 g/mol. The number of halogens is 1. The Morgan fingerprint density at radius 3 is 2.67 bits per heavy atom. The van der Waals surface area contributed by atoms with Crippen LogP contribution in [-0.4, -0.2) is 9.97 Å². The molecule has 3 aromatic rings. The molecule has 0 aliphatic carbocycles. The molecule has 0 radical (unpaired) electrons. The lowest BCUT2D eigenvalue weighted by molar-refractivity contribution is 1.37. The van der Waals surface area contributed by atoms with Gasteiger partial charge in [-0.2, -0.15) is 0 Å². The van der Waals surface area contributed by atoms with Crippen LogP contribution in [0.25, 0.3) is 21.8 Å². The molecular weight excluding hydrogens is 208 g/mol. The van der Waals surface area contributed by atoms with Crippen LogP contribution in [0.4, 0.5) is 0 Å². The molecule has 0 saturated heterocycles. The van der Waals surface area contributed by atoms with Gasteiger partial charge < -0.3 is 0 Å². The number of hydrogen-bond donors (Lipinski definition) is 0. The summed E-state index contributed by atoms with van der Waals surface area (Å²) in [7, 11) is 0. The highest BCUT2D eigenvalue weighted by atomic mass is 35.5. The molecule has 0 saturated carbocycles. The monoisotopic (exact) mass is 214 g/mol. The van der Waals surface area contributed by atoms with Crippen LogP contribution in [0.3, 0.4) is 0 Å². The Balaban J connectivity index is 2.60. The molecule has 2 aromatic heterocycles. The van der Waals surface area contributed by atoms with Gasteiger partial charge in [0.2, 0.25) is 0 Å². The first-order valence-corrected chi connectivity index (χ1v) is 5.02. The molecule has 3 heteroatoms. The first-order valence-electron chi connectivity index (χ1n) is 4.64. The third kappa shape index (κ3) is 1.26. The van der Waals surface area contributed by atoms with E-state index in [1.807, 2.05) is 24.3 Å². The molecule has 0 aliphatic heterocycles. The molecule has 0 fully saturated rings. The van der Waals surface area contributed by atoms with E-state index in [0.717, 1.165) is 21.8 Å². The maximum atomic E-state index is 6.09. The minimum absolute atomic E-state index is 0.715. The molecule has 0 aliphatic rings. The first-order chi connectivity index (χ1) is 7.36. The summed E-state index contributed by atoms with van der Waals surface area (Å²) in [6.07, 6.45) is 3.48. The van der Waals surface area contributed by atoms with Gasteiger partial charge in [0.15, 0.2) is 0 Å². The van der Waals surface area contributed by atoms with Crippen LogP contribution in [0.15, 0.2) is 42.7 Å². The first kappa shape index (κ1) is 8.62. The second kappa shape index (κ2) is 3.17. The minimum atomic E-state index is 0.715. The lowest BCUT2D eigenvalue weighted by Gasteiger charge is -2.02. The fraction of sp³-hybridized carbons (Fsp3) is 0. The maximum Gasteiger partial charge on any atom is 0.0979 e. The third-order valence-corrected chi connectivity index (χ3v) is 2.76. The molecule has 0 unspecified atom stereocenters. The van der Waals surface area contributed by atoms with Crippen molar-refractivity contribution in [2.24, 2.45) is 0 Å². The van der Waals surface area contributed by atoms with Gasteiger partial charge in [0.25, 0.3) is 0 Å². The fourth-order valence-electron chi connectivity index (χ4n) is 1.72. The van der Waals surface area contributed by atoms with E-state index in [2.05, 4.69) is 9.97 Å². The number of pyridine rings is 2. The van der Waals surface area contributed by atoms with E-state index >= 15 is 0 Å². The lowest BCUT2D eigenvalue weighted by atomic mass is 10.1. The van der Waals surface area contributed by atoms with Crippen LogP contribution >= 0.6 is 11.6 Å². The van der Waals surface area contributed by atoms with Crippen molar-refractivity contribution < 1.29 is 0 Å². The summed E-state index contributed by atoms with van der Waals surface area (Å²) in [6, 6.07) is 9.72. The van der Waals surface area contributed by atoms with Gasteiger partial charge in [-0.05, 0) is 12.1 Å². The normalized spacial score (nSPS) is 11.0. The highest BCUT2D eigenvalue weighted by molar-refractivity contribution is 6.36. The van der Waals surface area contributed by atoms with Crippen LogP contribution in [0.5, 0.6) is 0 Å². The van der Waals surface area contributed by atoms with Crippen molar-refractivity contribution in [2.75, 3.05) is 0 Å². The van der Waals surface area contributed by atoms with Crippen LogP contribution in [0.2, 0.25) is 5.02 Å². The number of rotatable bonds is 0. The van der Waals surface area contributed by atoms with Gasteiger partial charge in [-0.25, -0.2) is 0 Å². The predicted octanol–water partition coefficient (Wildman–Crippen LogP) is 3.44. The Bertz CT molecular complexity index is 649. The van der Waals surface area contributed by atoms with Gasteiger partial charge in [0, 0.05) is 23.2 Å². The number of nitrogens with zero attached hydrogens (tertiary/aromatic N) is 2. The van der Waals surface area contributed by atoms with Crippen LogP contribution in [0.1, 0.15) is 0 Å². The zero-order valence-corrected chi connectivity index (χ0v) is 8.57. The summed E-state index contributed by atoms with van der Waals surface area (Å²) in [6.45, 7) is 0. The van der Waals surface area contributed by atoms with Crippen molar-refractivity contribution in [2.45, 2.75) is 0 Å². The quantitative estimate of drug-likeness (QED) is 0.536. The Morgan fingerprint density at radius 2 is 1.73 bits per heavy atom. The highest BCUT2D eigenvalue weighted by Crippen LogP contribution is 2.26. The van der Waals surface area contributed by atoms with Crippen LogP contribution < -0.4 is 0 Å². The third-order valence-electron chi connectivity index (χ3n) is 2.43. The van der Waals surface area contributed by atoms with Crippen molar-refractivity contribution in [3.05, 3.63) is 47.7 Å². The molecule has 3 rings (SSSR count). The maximum absolute atomic E-state index is 6.09. The number of fused-ring (bicyclic) bond motifs is 3. The molecule has 2 heterocycles. The summed E-state index contributed by atoms with van der Waals surface area (Å²) in [5.41, 5.74) is 1.76. The lowest BCUT2D eigenvalue weighted by Crippen LogP contribution is -1.84. The Kier molecular flexibility index (Phi) is 1.82. The van der Waals surface area contributed by atoms with Crippen molar-refractivity contribution >= 4 is 33.4 Å². The molecule has 15 heavy (non-hydrogen) atoms. The van der Waals surface area contributed by atoms with E-state index in [4.69, 9.17) is 11.6 Å². The topological polar surface area (TPSA) is 25.8 Å². The van der Waals surface area contributed by atoms with E-state index in [1.165, 1.54) is 0 Å². The van der Waals surface area contributed by atoms with E-state index in [-0.39, 0.29) is 0 Å². The van der Waals surface area contributed by atoms with Gasteiger partial charge >= 0.3 is 0 Å². The fourth-order valence-corrected chi connectivity index (χ4v) is 1.93. The van der Waals surface area contributed by atoms with Crippen LogP contribution in [-0.2, 0) is 0 Å². The predicted molar refractivity (Wildman–Crippen MR) is 62.1 cm³/mol. The largest absolute Gasteiger partial charge is 0.254 e. The van der Waals surface area contributed by atoms with Crippen molar-refractivity contribution in [3.8, 4) is 0 Å². The molecule has 1 aromatic carbocycles. The summed E-state index contributed by atoms with van der Waals surface area (Å²) in [4.78, 5) is 8.65. The van der Waals surface area contributed by atoms with E-state index in [9.17, 15) is 0 Å². The Hall–Kier alpha value is -1.67. The molecule has 72 valence electrons. The number of hydrogen-bond acceptors (Lipinski definition) is 2. The zero-order valence-electron chi connectivity index (χ0n) is 7.81. The van der Waals surface area contributed by atoms with Gasteiger partial charge in [-0.15, -0.1) is 0 Å². The molecule has 0 bridgehead atoms. The second-order valence-corrected chi connectivity index (χ2v) is 3.74. The number of aromatic nitrogens is 2. The average Bonchev–Trinajstić information content (AvgIpc) is 2.29. The minimum Gasteiger partial charge on any atom is -0.254 e. The Labute approximate surface area is 91.5 Å². The van der Waals surface area contributed by atoms with Crippen molar-refractivity contribution in [1.82, 2.24) is 9.97 Å². The van der Waals surface area contributed by atoms with Crippen LogP contribution in [0, 0.1) is 0 Å². The van der Waals surface area contributed by atoms with E-state index in [0.29, 0.717) is 5.02 Å². The van der Waals surface area contributed by atoms with E-state index < -0.39 is 0 Å². The molecule has 0 atom stereocenters. The Morgan fingerprint density at radius 1 is 0.867 bits per heavy atom. The summed E-state index contributed by atoms with van der Waals surface area (Å²) < 4.78 is 0. The van der Waals surface area contributed by atoms with E-state index in [1.54, 1.807) is 18.5 Å². The van der Waals surface area contributed by atoms with Crippen molar-refractivity contribution in [1.29, 1.82) is 0 Å². The molecule has 0 N–H and O–H groups in total. The SMILES string of the molecule is Clc1ccnc2c1ccc1cccnc12. The van der Waals surface area contributed by atoms with Gasteiger partial charge in [-0.1, -0.05) is 29.8 Å². The number of benzene rings is 1. The van der Waals surface area contributed by atoms with Gasteiger partial charge in [0.05, 0.1) is 16.1 Å².